The van der Waals surface area contributed by atoms with Gasteiger partial charge in [-0.2, -0.15) is 8.42 Å². The van der Waals surface area contributed by atoms with Gasteiger partial charge >= 0.3 is 29.6 Å². The molecule has 0 amide bonds. The molecule has 1 unspecified atom stereocenters. The zero-order chi connectivity index (χ0) is 14.1. The molecular formula is C8H14NaO8S-. The van der Waals surface area contributed by atoms with Gasteiger partial charge in [-0.25, -0.2) is 0 Å². The maximum absolute atomic E-state index is 10.2. The number of carbonyl (C=O) groups is 2. The third-order valence-electron chi connectivity index (χ3n) is 1.38. The Morgan fingerprint density at radius 2 is 1.61 bits per heavy atom. The Balaban J connectivity index is -0.000000321. The van der Waals surface area contributed by atoms with Gasteiger partial charge in [0, 0.05) is 25.6 Å². The molecule has 0 rings (SSSR count). The van der Waals surface area contributed by atoms with Crippen LogP contribution in [0.1, 0.15) is 20.3 Å². The summed E-state index contributed by atoms with van der Waals surface area (Å²) < 4.78 is 33.3. The van der Waals surface area contributed by atoms with E-state index in [4.69, 9.17) is 9.29 Å². The number of carbonyl (C=O) groups excluding carboxylic acids is 2. The second-order valence-corrected chi connectivity index (χ2v) is 4.28. The maximum atomic E-state index is 10.2. The van der Waals surface area contributed by atoms with Gasteiger partial charge in [0.15, 0.2) is 0 Å². The quantitative estimate of drug-likeness (QED) is 0.376. The number of carboxylic acids is 2. The second kappa shape index (κ2) is 11.9. The minimum Gasteiger partial charge on any atom is -0.550 e. The van der Waals surface area contributed by atoms with Crippen LogP contribution in [0.3, 0.4) is 0 Å². The Labute approximate surface area is 127 Å². The van der Waals surface area contributed by atoms with E-state index in [1.165, 1.54) is 0 Å². The molecule has 0 aliphatic heterocycles. The van der Waals surface area contributed by atoms with Gasteiger partial charge in [0.25, 0.3) is 10.1 Å². The fourth-order valence-corrected chi connectivity index (χ4v) is 1.26. The molecule has 0 aliphatic carbocycles. The van der Waals surface area contributed by atoms with Gasteiger partial charge in [0.05, 0.1) is 5.97 Å². The fraction of sp³-hybridized carbons (Fsp3) is 0.750. The Morgan fingerprint density at radius 3 is 1.67 bits per heavy atom. The normalized spacial score (nSPS) is 11.5. The van der Waals surface area contributed by atoms with Crippen molar-refractivity contribution in [3.63, 3.8) is 0 Å². The van der Waals surface area contributed by atoms with Crippen molar-refractivity contribution in [3.05, 3.63) is 0 Å². The van der Waals surface area contributed by atoms with Gasteiger partial charge < -0.3 is 24.5 Å². The van der Waals surface area contributed by atoms with E-state index in [-0.39, 0.29) is 29.6 Å². The third kappa shape index (κ3) is 13.9. The van der Waals surface area contributed by atoms with Gasteiger partial charge in [-0.1, -0.05) is 0 Å². The predicted octanol–water partition coefficient (Wildman–Crippen LogP) is -5.82. The fourth-order valence-electron chi connectivity index (χ4n) is 0.666. The van der Waals surface area contributed by atoms with Crippen LogP contribution < -0.4 is 39.8 Å². The summed E-state index contributed by atoms with van der Waals surface area (Å²) in [5, 5.41) is 17.3. The smallest absolute Gasteiger partial charge is 0.550 e. The number of hydrogen-bond acceptors (Lipinski definition) is 7. The first-order chi connectivity index (χ1) is 7.66. The summed E-state index contributed by atoms with van der Waals surface area (Å²) in [5.41, 5.74) is 0. The molecule has 0 saturated heterocycles. The SMILES string of the molecule is CCOCC.O=C([O-])CC(C(=O)[O-])S(=O)(=O)O.[Na+]. The van der Waals surface area contributed by atoms with Gasteiger partial charge in [0.2, 0.25) is 0 Å². The first-order valence-electron chi connectivity index (χ1n) is 4.61. The van der Waals surface area contributed by atoms with Crippen molar-refractivity contribution in [2.24, 2.45) is 0 Å². The van der Waals surface area contributed by atoms with Gasteiger partial charge in [-0.15, -0.1) is 0 Å². The molecule has 0 fully saturated rings. The van der Waals surface area contributed by atoms with E-state index in [0.29, 0.717) is 0 Å². The summed E-state index contributed by atoms with van der Waals surface area (Å²) in [6.45, 7) is 5.67. The van der Waals surface area contributed by atoms with E-state index in [2.05, 4.69) is 0 Å². The Morgan fingerprint density at radius 1 is 1.22 bits per heavy atom. The largest absolute Gasteiger partial charge is 1.00 e. The second-order valence-electron chi connectivity index (χ2n) is 2.68. The van der Waals surface area contributed by atoms with E-state index in [0.717, 1.165) is 13.2 Å². The van der Waals surface area contributed by atoms with Gasteiger partial charge in [-0.3, -0.25) is 4.55 Å². The van der Waals surface area contributed by atoms with Crippen LogP contribution in [0.25, 0.3) is 0 Å². The molecule has 0 spiro atoms. The molecule has 0 aromatic carbocycles. The molecule has 0 saturated carbocycles. The van der Waals surface area contributed by atoms with Gasteiger partial charge in [-0.05, 0) is 13.8 Å². The minimum atomic E-state index is -4.94. The van der Waals surface area contributed by atoms with Crippen molar-refractivity contribution in [1.29, 1.82) is 0 Å². The van der Waals surface area contributed by atoms with Crippen LogP contribution in [-0.2, 0) is 24.4 Å². The molecule has 1 atom stereocenters. The Hall–Kier alpha value is -0.190. The molecular weight excluding hydrogens is 279 g/mol. The molecule has 0 heterocycles. The summed E-state index contributed by atoms with van der Waals surface area (Å²) in [6, 6.07) is 0. The number of carboxylic acid groups (broad SMARTS) is 2. The molecule has 1 N–H and O–H groups in total. The van der Waals surface area contributed by atoms with Crippen molar-refractivity contribution in [3.8, 4) is 0 Å². The van der Waals surface area contributed by atoms with E-state index in [9.17, 15) is 28.2 Å². The monoisotopic (exact) mass is 293 g/mol. The predicted molar refractivity (Wildman–Crippen MR) is 52.1 cm³/mol. The summed E-state index contributed by atoms with van der Waals surface area (Å²) in [6.07, 6.45) is -1.33. The van der Waals surface area contributed by atoms with Gasteiger partial charge in [0.1, 0.15) is 5.25 Å². The number of rotatable bonds is 6. The molecule has 0 aromatic rings. The zero-order valence-electron chi connectivity index (χ0n) is 10.4. The van der Waals surface area contributed by atoms with Crippen LogP contribution in [0.4, 0.5) is 0 Å². The number of hydrogen-bond donors (Lipinski definition) is 1. The third-order valence-corrected chi connectivity index (χ3v) is 2.46. The van der Waals surface area contributed by atoms with Crippen LogP contribution in [0.2, 0.25) is 0 Å². The molecule has 102 valence electrons. The van der Waals surface area contributed by atoms with Crippen LogP contribution in [0.5, 0.6) is 0 Å². The van der Waals surface area contributed by atoms with Crippen molar-refractivity contribution >= 4 is 22.1 Å². The maximum Gasteiger partial charge on any atom is 1.00 e. The molecule has 0 radical (unpaired) electrons. The van der Waals surface area contributed by atoms with Crippen LogP contribution >= 0.6 is 0 Å². The molecule has 8 nitrogen and oxygen atoms in total. The average Bonchev–Trinajstić information content (AvgIpc) is 2.14. The first-order valence-corrected chi connectivity index (χ1v) is 6.11. The molecule has 10 heteroatoms. The van der Waals surface area contributed by atoms with Crippen LogP contribution in [0.15, 0.2) is 0 Å². The number of ether oxygens (including phenoxy) is 1. The van der Waals surface area contributed by atoms with E-state index >= 15 is 0 Å². The van der Waals surface area contributed by atoms with Crippen LogP contribution in [0, 0.1) is 0 Å². The molecule has 18 heavy (non-hydrogen) atoms. The first kappa shape index (κ1) is 22.9. The van der Waals surface area contributed by atoms with Crippen molar-refractivity contribution in [2.45, 2.75) is 25.5 Å². The summed E-state index contributed by atoms with van der Waals surface area (Å²) in [7, 11) is -4.94. The Kier molecular flexibility index (Phi) is 15.1. The molecule has 0 aliphatic rings. The summed E-state index contributed by atoms with van der Waals surface area (Å²) in [4.78, 5) is 19.7. The average molecular weight is 293 g/mol. The summed E-state index contributed by atoms with van der Waals surface area (Å²) >= 11 is 0. The van der Waals surface area contributed by atoms with E-state index < -0.39 is 33.7 Å². The van der Waals surface area contributed by atoms with Crippen molar-refractivity contribution in [1.82, 2.24) is 0 Å². The van der Waals surface area contributed by atoms with Crippen molar-refractivity contribution in [2.75, 3.05) is 13.2 Å². The topological polar surface area (TPSA) is 144 Å². The standard InChI is InChI=1S/C4H6O7S.C4H10O.Na/c5-3(6)1-2(4(7)8)12(9,10)11;1-3-5-4-2;/h2H,1H2,(H,5,6)(H,7,8)(H,9,10,11);3-4H2,1-2H3;/q;;+1/p-2. The summed E-state index contributed by atoms with van der Waals surface area (Å²) in [5.74, 6) is -4.08. The van der Waals surface area contributed by atoms with E-state index in [1.807, 2.05) is 13.8 Å². The minimum absolute atomic E-state index is 0. The zero-order valence-corrected chi connectivity index (χ0v) is 13.2. The number of aliphatic carboxylic acids is 2. The molecule has 0 bridgehead atoms. The van der Waals surface area contributed by atoms with Crippen molar-refractivity contribution < 1.29 is 67.1 Å². The molecule has 0 aromatic heterocycles. The van der Waals surface area contributed by atoms with E-state index in [1.54, 1.807) is 0 Å². The van der Waals surface area contributed by atoms with Crippen LogP contribution in [-0.4, -0.2) is 43.4 Å². The Bertz CT molecular complexity index is 337.